The molecule has 18 heavy (non-hydrogen) atoms. The number of amides is 1. The van der Waals surface area contributed by atoms with Crippen LogP contribution in [0.3, 0.4) is 0 Å². The Morgan fingerprint density at radius 2 is 2.11 bits per heavy atom. The molecule has 1 aromatic rings. The van der Waals surface area contributed by atoms with Gasteiger partial charge in [-0.2, -0.15) is 0 Å². The summed E-state index contributed by atoms with van der Waals surface area (Å²) in [6, 6.07) is 4.22. The molecule has 3 nitrogen and oxygen atoms in total. The first-order chi connectivity index (χ1) is 8.35. The van der Waals surface area contributed by atoms with Gasteiger partial charge in [0.05, 0.1) is 0 Å². The lowest BCUT2D eigenvalue weighted by molar-refractivity contribution is 0.0934. The fraction of sp³-hybridized carbons (Fsp3) is 0.500. The number of carbonyl (C=O) groups excluding carboxylic acids is 1. The standard InChI is InChI=1S/C14H21FN2O/c1-10-4-5-11(15)8-12(10)13(18)17-9-14(2,3)6-7-16/h4-5,8H,6-7,9,16H2,1-3H3,(H,17,18). The van der Waals surface area contributed by atoms with Gasteiger partial charge < -0.3 is 11.1 Å². The number of hydrogen-bond acceptors (Lipinski definition) is 2. The van der Waals surface area contributed by atoms with Crippen LogP contribution in [0.2, 0.25) is 0 Å². The van der Waals surface area contributed by atoms with Crippen molar-refractivity contribution >= 4 is 5.91 Å². The van der Waals surface area contributed by atoms with E-state index in [2.05, 4.69) is 5.32 Å². The Hall–Kier alpha value is -1.42. The SMILES string of the molecule is Cc1ccc(F)cc1C(=O)NCC(C)(C)CCN. The first-order valence-corrected chi connectivity index (χ1v) is 6.10. The second-order valence-corrected chi connectivity index (χ2v) is 5.34. The van der Waals surface area contributed by atoms with Crippen LogP contribution in [-0.2, 0) is 0 Å². The third-order valence-electron chi connectivity index (χ3n) is 2.99. The smallest absolute Gasteiger partial charge is 0.251 e. The maximum absolute atomic E-state index is 13.1. The quantitative estimate of drug-likeness (QED) is 0.844. The molecule has 0 aromatic heterocycles. The topological polar surface area (TPSA) is 55.1 Å². The monoisotopic (exact) mass is 252 g/mol. The number of rotatable bonds is 5. The summed E-state index contributed by atoms with van der Waals surface area (Å²) in [6.45, 7) is 6.98. The molecule has 1 rings (SSSR count). The molecular weight excluding hydrogens is 231 g/mol. The summed E-state index contributed by atoms with van der Waals surface area (Å²) in [4.78, 5) is 12.0. The van der Waals surface area contributed by atoms with Crippen molar-refractivity contribution in [2.75, 3.05) is 13.1 Å². The van der Waals surface area contributed by atoms with E-state index in [-0.39, 0.29) is 11.3 Å². The number of nitrogens with two attached hydrogens (primary N) is 1. The molecule has 0 aliphatic rings. The second kappa shape index (κ2) is 5.96. The number of carbonyl (C=O) groups is 1. The van der Waals surface area contributed by atoms with E-state index in [0.717, 1.165) is 12.0 Å². The predicted molar refractivity (Wildman–Crippen MR) is 70.9 cm³/mol. The fourth-order valence-electron chi connectivity index (χ4n) is 1.73. The highest BCUT2D eigenvalue weighted by Gasteiger charge is 2.19. The van der Waals surface area contributed by atoms with E-state index in [1.165, 1.54) is 12.1 Å². The fourth-order valence-corrected chi connectivity index (χ4v) is 1.73. The van der Waals surface area contributed by atoms with Gasteiger partial charge in [-0.05, 0) is 43.0 Å². The number of nitrogens with one attached hydrogen (secondary N) is 1. The van der Waals surface area contributed by atoms with Crippen LogP contribution in [-0.4, -0.2) is 19.0 Å². The molecule has 0 spiro atoms. The Bertz CT molecular complexity index is 430. The summed E-state index contributed by atoms with van der Waals surface area (Å²) in [5, 5.41) is 2.83. The van der Waals surface area contributed by atoms with Crippen molar-refractivity contribution in [1.82, 2.24) is 5.32 Å². The van der Waals surface area contributed by atoms with E-state index < -0.39 is 5.82 Å². The number of aryl methyl sites for hydroxylation is 1. The van der Waals surface area contributed by atoms with E-state index in [1.54, 1.807) is 13.0 Å². The minimum atomic E-state index is -0.396. The lowest BCUT2D eigenvalue weighted by Crippen LogP contribution is -2.35. The second-order valence-electron chi connectivity index (χ2n) is 5.34. The number of benzene rings is 1. The van der Waals surface area contributed by atoms with Crippen LogP contribution in [0.1, 0.15) is 36.2 Å². The zero-order valence-corrected chi connectivity index (χ0v) is 11.2. The van der Waals surface area contributed by atoms with Crippen molar-refractivity contribution in [2.45, 2.75) is 27.2 Å². The van der Waals surface area contributed by atoms with Crippen LogP contribution in [0.15, 0.2) is 18.2 Å². The van der Waals surface area contributed by atoms with Crippen molar-refractivity contribution in [3.05, 3.63) is 35.1 Å². The summed E-state index contributed by atoms with van der Waals surface area (Å²) in [5.74, 6) is -0.635. The van der Waals surface area contributed by atoms with Gasteiger partial charge in [-0.15, -0.1) is 0 Å². The summed E-state index contributed by atoms with van der Waals surface area (Å²) in [5.41, 5.74) is 6.62. The lowest BCUT2D eigenvalue weighted by Gasteiger charge is -2.24. The van der Waals surface area contributed by atoms with Crippen LogP contribution < -0.4 is 11.1 Å². The molecule has 0 aliphatic carbocycles. The summed E-state index contributed by atoms with van der Waals surface area (Å²) >= 11 is 0. The van der Waals surface area contributed by atoms with Crippen molar-refractivity contribution in [3.63, 3.8) is 0 Å². The van der Waals surface area contributed by atoms with E-state index in [0.29, 0.717) is 18.7 Å². The first kappa shape index (κ1) is 14.6. The van der Waals surface area contributed by atoms with Gasteiger partial charge in [0.15, 0.2) is 0 Å². The molecule has 0 saturated heterocycles. The lowest BCUT2D eigenvalue weighted by atomic mass is 9.89. The van der Waals surface area contributed by atoms with Crippen LogP contribution in [0.5, 0.6) is 0 Å². The van der Waals surface area contributed by atoms with Crippen LogP contribution in [0.4, 0.5) is 4.39 Å². The largest absolute Gasteiger partial charge is 0.351 e. The molecule has 100 valence electrons. The van der Waals surface area contributed by atoms with Gasteiger partial charge in [0, 0.05) is 12.1 Å². The van der Waals surface area contributed by atoms with Gasteiger partial charge in [0.25, 0.3) is 5.91 Å². The van der Waals surface area contributed by atoms with Gasteiger partial charge in [-0.25, -0.2) is 4.39 Å². The van der Waals surface area contributed by atoms with Crippen LogP contribution in [0.25, 0.3) is 0 Å². The highest BCUT2D eigenvalue weighted by molar-refractivity contribution is 5.95. The normalized spacial score (nSPS) is 11.4. The third-order valence-corrected chi connectivity index (χ3v) is 2.99. The molecular formula is C14H21FN2O. The van der Waals surface area contributed by atoms with E-state index >= 15 is 0 Å². The molecule has 1 aromatic carbocycles. The Kier molecular flexibility index (Phi) is 4.84. The Balaban J connectivity index is 2.69. The van der Waals surface area contributed by atoms with Gasteiger partial charge >= 0.3 is 0 Å². The molecule has 0 bridgehead atoms. The molecule has 0 saturated carbocycles. The van der Waals surface area contributed by atoms with Crippen molar-refractivity contribution in [1.29, 1.82) is 0 Å². The molecule has 4 heteroatoms. The Labute approximate surface area is 108 Å². The maximum atomic E-state index is 13.1. The third kappa shape index (κ3) is 4.11. The van der Waals surface area contributed by atoms with Gasteiger partial charge in [-0.1, -0.05) is 19.9 Å². The average Bonchev–Trinajstić information content (AvgIpc) is 2.29. The van der Waals surface area contributed by atoms with E-state index in [1.807, 2.05) is 13.8 Å². The summed E-state index contributed by atoms with van der Waals surface area (Å²) in [7, 11) is 0. The molecule has 1 amide bonds. The number of hydrogen-bond donors (Lipinski definition) is 2. The van der Waals surface area contributed by atoms with Gasteiger partial charge in [0.1, 0.15) is 5.82 Å². The Morgan fingerprint density at radius 1 is 1.44 bits per heavy atom. The van der Waals surface area contributed by atoms with Crippen LogP contribution in [0, 0.1) is 18.2 Å². The maximum Gasteiger partial charge on any atom is 0.251 e. The zero-order valence-electron chi connectivity index (χ0n) is 11.2. The Morgan fingerprint density at radius 3 is 2.72 bits per heavy atom. The van der Waals surface area contributed by atoms with Crippen LogP contribution >= 0.6 is 0 Å². The minimum Gasteiger partial charge on any atom is -0.351 e. The van der Waals surface area contributed by atoms with Gasteiger partial charge in [0.2, 0.25) is 0 Å². The summed E-state index contributed by atoms with van der Waals surface area (Å²) < 4.78 is 13.1. The van der Waals surface area contributed by atoms with Gasteiger partial charge in [-0.3, -0.25) is 4.79 Å². The molecule has 3 N–H and O–H groups in total. The molecule has 0 aliphatic heterocycles. The molecule has 0 heterocycles. The van der Waals surface area contributed by atoms with E-state index in [4.69, 9.17) is 5.73 Å². The van der Waals surface area contributed by atoms with E-state index in [9.17, 15) is 9.18 Å². The zero-order chi connectivity index (χ0) is 13.8. The predicted octanol–water partition coefficient (Wildman–Crippen LogP) is 2.24. The average molecular weight is 252 g/mol. The number of halogens is 1. The molecule has 0 unspecified atom stereocenters. The highest BCUT2D eigenvalue weighted by Crippen LogP contribution is 2.18. The minimum absolute atomic E-state index is 0.0500. The first-order valence-electron chi connectivity index (χ1n) is 6.10. The van der Waals surface area contributed by atoms with Crippen molar-refractivity contribution in [3.8, 4) is 0 Å². The molecule has 0 radical (unpaired) electrons. The van der Waals surface area contributed by atoms with Crippen molar-refractivity contribution in [2.24, 2.45) is 11.1 Å². The molecule has 0 atom stereocenters. The highest BCUT2D eigenvalue weighted by atomic mass is 19.1. The molecule has 0 fully saturated rings. The summed E-state index contributed by atoms with van der Waals surface area (Å²) in [6.07, 6.45) is 0.829. The van der Waals surface area contributed by atoms with Crippen molar-refractivity contribution < 1.29 is 9.18 Å².